The van der Waals surface area contributed by atoms with E-state index in [1.807, 2.05) is 0 Å². The summed E-state index contributed by atoms with van der Waals surface area (Å²) < 4.78 is 38.8. The van der Waals surface area contributed by atoms with Crippen LogP contribution in [0.25, 0.3) is 21.5 Å². The number of rotatable bonds is 1. The molecular weight excluding hydrogens is 336 g/mol. The van der Waals surface area contributed by atoms with Crippen molar-refractivity contribution in [2.45, 2.75) is 6.18 Å². The molecule has 3 rings (SSSR count). The molecule has 0 saturated heterocycles. The minimum atomic E-state index is -4.47. The van der Waals surface area contributed by atoms with Crippen LogP contribution < -0.4 is 0 Å². The first-order chi connectivity index (χ1) is 10.3. The van der Waals surface area contributed by atoms with Crippen molar-refractivity contribution < 1.29 is 18.0 Å². The molecule has 0 aromatic heterocycles. The molecule has 0 aliphatic rings. The number of fused-ring (bicyclic) bond motifs is 3. The Morgan fingerprint density at radius 2 is 1.64 bits per heavy atom. The van der Waals surface area contributed by atoms with Gasteiger partial charge in [-0.05, 0) is 63.5 Å². The number of hydrogen-bond donors (Lipinski definition) is 0. The molecular formula is C16H7Cl2F3O. The van der Waals surface area contributed by atoms with E-state index < -0.39 is 17.0 Å². The van der Waals surface area contributed by atoms with Crippen LogP contribution in [0.2, 0.25) is 5.02 Å². The lowest BCUT2D eigenvalue weighted by Crippen LogP contribution is -2.05. The van der Waals surface area contributed by atoms with E-state index in [-0.39, 0.29) is 5.56 Å². The predicted molar refractivity (Wildman–Crippen MR) is 81.6 cm³/mol. The van der Waals surface area contributed by atoms with Crippen molar-refractivity contribution in [3.63, 3.8) is 0 Å². The molecule has 3 aromatic carbocycles. The molecule has 0 fully saturated rings. The molecule has 0 saturated carbocycles. The zero-order valence-electron chi connectivity index (χ0n) is 10.8. The summed E-state index contributed by atoms with van der Waals surface area (Å²) in [6, 6.07) is 9.57. The summed E-state index contributed by atoms with van der Waals surface area (Å²) in [4.78, 5) is 11.6. The summed E-state index contributed by atoms with van der Waals surface area (Å²) >= 11 is 11.5. The first kappa shape index (κ1) is 15.1. The van der Waals surface area contributed by atoms with Gasteiger partial charge in [0.05, 0.1) is 5.56 Å². The van der Waals surface area contributed by atoms with Gasteiger partial charge in [0.1, 0.15) is 0 Å². The highest BCUT2D eigenvalue weighted by Gasteiger charge is 2.30. The lowest BCUT2D eigenvalue weighted by molar-refractivity contribution is -0.137. The number of alkyl halides is 3. The van der Waals surface area contributed by atoms with E-state index in [1.54, 1.807) is 24.3 Å². The third-order valence-corrected chi connectivity index (χ3v) is 3.89. The van der Waals surface area contributed by atoms with Gasteiger partial charge in [-0.2, -0.15) is 13.2 Å². The molecule has 6 heteroatoms. The van der Waals surface area contributed by atoms with Crippen LogP contribution in [0.15, 0.2) is 42.5 Å². The van der Waals surface area contributed by atoms with E-state index in [9.17, 15) is 18.0 Å². The molecule has 3 aromatic rings. The maximum Gasteiger partial charge on any atom is 0.416 e. The Hall–Kier alpha value is -1.78. The third-order valence-electron chi connectivity index (χ3n) is 3.45. The van der Waals surface area contributed by atoms with Crippen molar-refractivity contribution in [2.75, 3.05) is 0 Å². The van der Waals surface area contributed by atoms with Gasteiger partial charge in [0, 0.05) is 10.6 Å². The molecule has 0 radical (unpaired) electrons. The van der Waals surface area contributed by atoms with Crippen LogP contribution in [0.5, 0.6) is 0 Å². The quantitative estimate of drug-likeness (QED) is 0.389. The Labute approximate surface area is 133 Å². The topological polar surface area (TPSA) is 17.1 Å². The van der Waals surface area contributed by atoms with Gasteiger partial charge in [-0.3, -0.25) is 4.79 Å². The van der Waals surface area contributed by atoms with Crippen LogP contribution in [0.4, 0.5) is 13.2 Å². The van der Waals surface area contributed by atoms with Gasteiger partial charge in [-0.15, -0.1) is 0 Å². The summed E-state index contributed by atoms with van der Waals surface area (Å²) in [7, 11) is 0. The van der Waals surface area contributed by atoms with Gasteiger partial charge in [0.15, 0.2) is 0 Å². The monoisotopic (exact) mass is 342 g/mol. The molecule has 0 amide bonds. The lowest BCUT2D eigenvalue weighted by Gasteiger charge is -2.12. The number of benzene rings is 3. The molecule has 0 aliphatic carbocycles. The average molecular weight is 343 g/mol. The minimum absolute atomic E-state index is 0.167. The molecule has 0 bridgehead atoms. The van der Waals surface area contributed by atoms with Gasteiger partial charge in [-0.25, -0.2) is 0 Å². The van der Waals surface area contributed by atoms with Crippen molar-refractivity contribution in [3.8, 4) is 0 Å². The Morgan fingerprint density at radius 3 is 2.27 bits per heavy atom. The number of carbonyl (C=O) groups is 1. The fourth-order valence-corrected chi connectivity index (χ4v) is 2.79. The van der Waals surface area contributed by atoms with Gasteiger partial charge >= 0.3 is 6.18 Å². The SMILES string of the molecule is O=C(Cl)c1cc2ccc(Cl)cc2c2cc(C(F)(F)F)ccc12. The van der Waals surface area contributed by atoms with Crippen molar-refractivity contribution in [2.24, 2.45) is 0 Å². The second kappa shape index (κ2) is 5.14. The molecule has 0 atom stereocenters. The third kappa shape index (κ3) is 2.53. The molecule has 0 heterocycles. The largest absolute Gasteiger partial charge is 0.416 e. The van der Waals surface area contributed by atoms with Crippen molar-refractivity contribution in [3.05, 3.63) is 58.6 Å². The first-order valence-corrected chi connectivity index (χ1v) is 6.96. The second-order valence-corrected chi connectivity index (χ2v) is 5.60. The summed E-state index contributed by atoms with van der Waals surface area (Å²) in [5.41, 5.74) is -0.624. The van der Waals surface area contributed by atoms with Crippen LogP contribution in [-0.4, -0.2) is 5.24 Å². The van der Waals surface area contributed by atoms with E-state index in [2.05, 4.69) is 0 Å². The Balaban J connectivity index is 2.50. The molecule has 0 aliphatic heterocycles. The Kier molecular flexibility index (Phi) is 3.54. The zero-order valence-corrected chi connectivity index (χ0v) is 12.4. The standard InChI is InChI=1S/C16H7Cl2F3O/c17-10-3-1-8-5-14(15(18)22)11-4-2-9(16(19,20)21)6-13(11)12(8)7-10/h1-7H. The summed E-state index contributed by atoms with van der Waals surface area (Å²) in [6.45, 7) is 0. The fraction of sp³-hybridized carbons (Fsp3) is 0.0625. The number of hydrogen-bond acceptors (Lipinski definition) is 1. The molecule has 0 unspecified atom stereocenters. The smallest absolute Gasteiger partial charge is 0.276 e. The summed E-state index contributed by atoms with van der Waals surface area (Å²) in [6.07, 6.45) is -4.47. The second-order valence-electron chi connectivity index (χ2n) is 4.82. The van der Waals surface area contributed by atoms with E-state index in [0.29, 0.717) is 26.6 Å². The van der Waals surface area contributed by atoms with Gasteiger partial charge in [0.2, 0.25) is 0 Å². The Bertz CT molecular complexity index is 917. The van der Waals surface area contributed by atoms with Crippen molar-refractivity contribution >= 4 is 50.0 Å². The Morgan fingerprint density at radius 1 is 0.909 bits per heavy atom. The van der Waals surface area contributed by atoms with E-state index in [1.165, 1.54) is 6.07 Å². The minimum Gasteiger partial charge on any atom is -0.276 e. The van der Waals surface area contributed by atoms with Crippen LogP contribution in [-0.2, 0) is 6.18 Å². The molecule has 1 nitrogen and oxygen atoms in total. The molecule has 22 heavy (non-hydrogen) atoms. The zero-order chi connectivity index (χ0) is 16.1. The average Bonchev–Trinajstić information content (AvgIpc) is 2.44. The molecule has 112 valence electrons. The molecule has 0 N–H and O–H groups in total. The molecule has 0 spiro atoms. The van der Waals surface area contributed by atoms with Gasteiger partial charge in [-0.1, -0.05) is 23.7 Å². The van der Waals surface area contributed by atoms with E-state index in [4.69, 9.17) is 23.2 Å². The predicted octanol–water partition coefficient (Wildman–Crippen LogP) is 6.04. The lowest BCUT2D eigenvalue weighted by atomic mass is 9.96. The normalized spacial score (nSPS) is 12.0. The van der Waals surface area contributed by atoms with E-state index in [0.717, 1.165) is 12.1 Å². The van der Waals surface area contributed by atoms with Crippen molar-refractivity contribution in [1.29, 1.82) is 0 Å². The van der Waals surface area contributed by atoms with Crippen LogP contribution in [0, 0.1) is 0 Å². The maximum atomic E-state index is 12.9. The van der Waals surface area contributed by atoms with Gasteiger partial charge in [0.25, 0.3) is 5.24 Å². The summed E-state index contributed by atoms with van der Waals surface area (Å²) in [5.74, 6) is 0. The van der Waals surface area contributed by atoms with Crippen LogP contribution in [0.3, 0.4) is 0 Å². The highest BCUT2D eigenvalue weighted by molar-refractivity contribution is 6.68. The fourth-order valence-electron chi connectivity index (χ4n) is 2.46. The highest BCUT2D eigenvalue weighted by atomic mass is 35.5. The summed E-state index contributed by atoms with van der Waals surface area (Å²) in [5, 5.41) is 1.47. The van der Waals surface area contributed by atoms with Crippen LogP contribution >= 0.6 is 23.2 Å². The first-order valence-electron chi connectivity index (χ1n) is 6.20. The van der Waals surface area contributed by atoms with Crippen molar-refractivity contribution in [1.82, 2.24) is 0 Å². The number of carbonyl (C=O) groups excluding carboxylic acids is 1. The maximum absolute atomic E-state index is 12.9. The van der Waals surface area contributed by atoms with E-state index >= 15 is 0 Å². The highest BCUT2D eigenvalue weighted by Crippen LogP contribution is 2.36. The van der Waals surface area contributed by atoms with Crippen LogP contribution in [0.1, 0.15) is 15.9 Å². The van der Waals surface area contributed by atoms with Gasteiger partial charge < -0.3 is 0 Å². The number of halogens is 5.